The van der Waals surface area contributed by atoms with E-state index in [1.54, 1.807) is 6.92 Å². The standard InChI is InChI=1S/C20H16N2O4/c1-12-18(26-20(23)24)17(16(11-21)19(22)25-12)15-9-7-14(8-10-15)13-5-3-2-4-6-13/h2-10,17H,22H2,1H3,(H,23,24). The Bertz CT molecular complexity index is 938. The predicted molar refractivity (Wildman–Crippen MR) is 94.3 cm³/mol. The topological polar surface area (TPSA) is 106 Å². The van der Waals surface area contributed by atoms with Crippen LogP contribution in [0.1, 0.15) is 18.4 Å². The van der Waals surface area contributed by atoms with Crippen molar-refractivity contribution < 1.29 is 19.4 Å². The first-order valence-corrected chi connectivity index (χ1v) is 7.85. The molecule has 0 aliphatic carbocycles. The van der Waals surface area contributed by atoms with Crippen molar-refractivity contribution in [2.24, 2.45) is 5.73 Å². The van der Waals surface area contributed by atoms with Crippen LogP contribution >= 0.6 is 0 Å². The lowest BCUT2D eigenvalue weighted by Crippen LogP contribution is -2.22. The second kappa shape index (κ2) is 7.03. The Hall–Kier alpha value is -3.72. The number of allylic oxidation sites excluding steroid dienone is 2. The van der Waals surface area contributed by atoms with Crippen molar-refractivity contribution in [3.63, 3.8) is 0 Å². The van der Waals surface area contributed by atoms with Crippen molar-refractivity contribution in [1.82, 2.24) is 0 Å². The Kier molecular flexibility index (Phi) is 4.63. The van der Waals surface area contributed by atoms with Gasteiger partial charge in [-0.2, -0.15) is 5.26 Å². The number of ether oxygens (including phenoxy) is 2. The minimum atomic E-state index is -1.48. The predicted octanol–water partition coefficient (Wildman–Crippen LogP) is 4.09. The second-order valence-corrected chi connectivity index (χ2v) is 5.70. The number of nitriles is 1. The van der Waals surface area contributed by atoms with Gasteiger partial charge in [0.25, 0.3) is 0 Å². The van der Waals surface area contributed by atoms with Gasteiger partial charge in [-0.1, -0.05) is 54.6 Å². The highest BCUT2D eigenvalue weighted by Gasteiger charge is 2.34. The number of rotatable bonds is 3. The third-order valence-corrected chi connectivity index (χ3v) is 4.10. The first kappa shape index (κ1) is 17.1. The number of hydrogen-bond acceptors (Lipinski definition) is 5. The molecule has 0 fully saturated rings. The summed E-state index contributed by atoms with van der Waals surface area (Å²) in [5, 5.41) is 18.5. The summed E-state index contributed by atoms with van der Waals surface area (Å²) in [6.45, 7) is 1.55. The monoisotopic (exact) mass is 348 g/mol. The van der Waals surface area contributed by atoms with E-state index in [-0.39, 0.29) is 23.0 Å². The fraction of sp³-hybridized carbons (Fsp3) is 0.100. The Morgan fingerprint density at radius 1 is 1.15 bits per heavy atom. The largest absolute Gasteiger partial charge is 0.511 e. The number of hydrogen-bond donors (Lipinski definition) is 2. The molecule has 1 unspecified atom stereocenters. The van der Waals surface area contributed by atoms with E-state index in [1.165, 1.54) is 0 Å². The highest BCUT2D eigenvalue weighted by atomic mass is 16.7. The van der Waals surface area contributed by atoms with E-state index in [4.69, 9.17) is 20.3 Å². The molecule has 2 aromatic carbocycles. The van der Waals surface area contributed by atoms with Crippen molar-refractivity contribution >= 4 is 6.16 Å². The molecular weight excluding hydrogens is 332 g/mol. The lowest BCUT2D eigenvalue weighted by molar-refractivity contribution is 0.105. The van der Waals surface area contributed by atoms with Crippen LogP contribution in [0.2, 0.25) is 0 Å². The van der Waals surface area contributed by atoms with E-state index in [1.807, 2.05) is 60.7 Å². The number of carbonyl (C=O) groups is 1. The molecule has 0 saturated carbocycles. The Morgan fingerprint density at radius 3 is 2.35 bits per heavy atom. The molecular formula is C20H16N2O4. The normalized spacial score (nSPS) is 16.7. The highest BCUT2D eigenvalue weighted by Crippen LogP contribution is 2.40. The van der Waals surface area contributed by atoms with Crippen LogP contribution in [0.3, 0.4) is 0 Å². The average molecular weight is 348 g/mol. The van der Waals surface area contributed by atoms with Gasteiger partial charge in [0.15, 0.2) is 5.76 Å². The molecule has 6 nitrogen and oxygen atoms in total. The van der Waals surface area contributed by atoms with Crippen LogP contribution in [-0.2, 0) is 9.47 Å². The number of nitrogens with two attached hydrogens (primary N) is 1. The van der Waals surface area contributed by atoms with Gasteiger partial charge in [0.05, 0.1) is 5.92 Å². The van der Waals surface area contributed by atoms with Gasteiger partial charge in [-0.25, -0.2) is 4.79 Å². The lowest BCUT2D eigenvalue weighted by Gasteiger charge is -2.26. The van der Waals surface area contributed by atoms with Crippen LogP contribution in [-0.4, -0.2) is 11.3 Å². The van der Waals surface area contributed by atoms with Crippen LogP contribution in [0.4, 0.5) is 4.79 Å². The Labute approximate surface area is 150 Å². The fourth-order valence-electron chi connectivity index (χ4n) is 2.91. The van der Waals surface area contributed by atoms with E-state index in [9.17, 15) is 10.1 Å². The molecule has 6 heteroatoms. The molecule has 0 aromatic heterocycles. The molecule has 3 N–H and O–H groups in total. The van der Waals surface area contributed by atoms with E-state index in [2.05, 4.69) is 0 Å². The summed E-state index contributed by atoms with van der Waals surface area (Å²) in [6, 6.07) is 19.3. The zero-order valence-corrected chi connectivity index (χ0v) is 14.0. The van der Waals surface area contributed by atoms with Crippen LogP contribution in [0.15, 0.2) is 77.6 Å². The summed E-state index contributed by atoms with van der Waals surface area (Å²) in [7, 11) is 0. The summed E-state index contributed by atoms with van der Waals surface area (Å²) >= 11 is 0. The SMILES string of the molecule is CC1=C(OC(=O)O)C(c2ccc(-c3ccccc3)cc2)C(C#N)=C(N)O1. The maximum absolute atomic E-state index is 11.1. The summed E-state index contributed by atoms with van der Waals surface area (Å²) in [4.78, 5) is 11.1. The number of carboxylic acid groups (broad SMARTS) is 1. The van der Waals surface area contributed by atoms with Crippen molar-refractivity contribution in [1.29, 1.82) is 5.26 Å². The van der Waals surface area contributed by atoms with E-state index >= 15 is 0 Å². The summed E-state index contributed by atoms with van der Waals surface area (Å²) < 4.78 is 10.2. The number of nitrogens with zero attached hydrogens (tertiary/aromatic N) is 1. The van der Waals surface area contributed by atoms with Crippen LogP contribution in [0, 0.1) is 11.3 Å². The molecule has 0 spiro atoms. The number of benzene rings is 2. The summed E-state index contributed by atoms with van der Waals surface area (Å²) in [6.07, 6.45) is -1.48. The molecule has 2 aromatic rings. The molecule has 1 aliphatic rings. The molecule has 0 radical (unpaired) electrons. The molecule has 1 heterocycles. The van der Waals surface area contributed by atoms with Crippen molar-refractivity contribution in [2.75, 3.05) is 0 Å². The second-order valence-electron chi connectivity index (χ2n) is 5.70. The summed E-state index contributed by atoms with van der Waals surface area (Å²) in [5.41, 5.74) is 8.66. The van der Waals surface area contributed by atoms with Crippen LogP contribution in [0.5, 0.6) is 0 Å². The van der Waals surface area contributed by atoms with Crippen molar-refractivity contribution in [2.45, 2.75) is 12.8 Å². The summed E-state index contributed by atoms with van der Waals surface area (Å²) in [5.74, 6) is -0.550. The third kappa shape index (κ3) is 3.23. The van der Waals surface area contributed by atoms with Gasteiger partial charge in [0.1, 0.15) is 17.4 Å². The van der Waals surface area contributed by atoms with Crippen LogP contribution in [0.25, 0.3) is 11.1 Å². The third-order valence-electron chi connectivity index (χ3n) is 4.10. The minimum absolute atomic E-state index is 0.0377. The van der Waals surface area contributed by atoms with Gasteiger partial charge in [0, 0.05) is 0 Å². The fourth-order valence-corrected chi connectivity index (χ4v) is 2.91. The van der Waals surface area contributed by atoms with Gasteiger partial charge >= 0.3 is 6.16 Å². The van der Waals surface area contributed by atoms with Gasteiger partial charge < -0.3 is 20.3 Å². The van der Waals surface area contributed by atoms with Crippen molar-refractivity contribution in [3.05, 3.63) is 83.1 Å². The Balaban J connectivity index is 2.04. The first-order chi connectivity index (χ1) is 12.5. The zero-order valence-electron chi connectivity index (χ0n) is 14.0. The van der Waals surface area contributed by atoms with E-state index in [0.717, 1.165) is 11.1 Å². The molecule has 0 amide bonds. The molecule has 1 atom stereocenters. The van der Waals surface area contributed by atoms with E-state index < -0.39 is 12.1 Å². The molecule has 1 aliphatic heterocycles. The van der Waals surface area contributed by atoms with Gasteiger partial charge in [-0.05, 0) is 23.6 Å². The Morgan fingerprint density at radius 2 is 1.77 bits per heavy atom. The van der Waals surface area contributed by atoms with Gasteiger partial charge in [-0.3, -0.25) is 0 Å². The quantitative estimate of drug-likeness (QED) is 0.809. The molecule has 3 rings (SSSR count). The van der Waals surface area contributed by atoms with Crippen molar-refractivity contribution in [3.8, 4) is 17.2 Å². The maximum Gasteiger partial charge on any atom is 0.511 e. The smallest absolute Gasteiger partial charge is 0.449 e. The first-order valence-electron chi connectivity index (χ1n) is 7.85. The van der Waals surface area contributed by atoms with E-state index in [0.29, 0.717) is 5.56 Å². The van der Waals surface area contributed by atoms with Gasteiger partial charge in [-0.15, -0.1) is 0 Å². The maximum atomic E-state index is 11.1. The average Bonchev–Trinajstić information content (AvgIpc) is 2.64. The molecule has 0 bridgehead atoms. The minimum Gasteiger partial charge on any atom is -0.449 e. The lowest BCUT2D eigenvalue weighted by atomic mass is 9.87. The van der Waals surface area contributed by atoms with Gasteiger partial charge in [0.2, 0.25) is 5.88 Å². The molecule has 0 saturated heterocycles. The molecule has 130 valence electrons. The highest BCUT2D eigenvalue weighted by molar-refractivity contribution is 5.65. The van der Waals surface area contributed by atoms with Crippen LogP contribution < -0.4 is 5.73 Å². The zero-order chi connectivity index (χ0) is 18.7. The molecule has 26 heavy (non-hydrogen) atoms.